The number of aromatic carboxylic acids is 1. The van der Waals surface area contributed by atoms with Crippen LogP contribution < -0.4 is 5.01 Å². The van der Waals surface area contributed by atoms with Crippen molar-refractivity contribution in [1.82, 2.24) is 0 Å². The molecule has 1 heterocycles. The van der Waals surface area contributed by atoms with Gasteiger partial charge in [-0.2, -0.15) is 10.1 Å². The molecule has 1 aliphatic rings. The average Bonchev–Trinajstić information content (AvgIpc) is 2.83. The fourth-order valence-electron chi connectivity index (χ4n) is 2.43. The summed E-state index contributed by atoms with van der Waals surface area (Å²) in [5.74, 6) is -2.04. The summed E-state index contributed by atoms with van der Waals surface area (Å²) in [6, 6.07) is 10.0. The Morgan fingerprint density at radius 1 is 1.28 bits per heavy atom. The number of carbonyl (C=O) groups excluding carboxylic acids is 1. The van der Waals surface area contributed by atoms with E-state index in [9.17, 15) is 14.0 Å². The SMILES string of the molecule is CC1=NN(c2ccc(Cl)c(C(=O)O)c2)C(=O)/C1=C/c1cccc(F)c1. The minimum atomic E-state index is -1.20. The van der Waals surface area contributed by atoms with Gasteiger partial charge in [-0.25, -0.2) is 9.18 Å². The third kappa shape index (κ3) is 3.29. The van der Waals surface area contributed by atoms with Crippen molar-refractivity contribution in [1.29, 1.82) is 0 Å². The van der Waals surface area contributed by atoms with Gasteiger partial charge in [0.2, 0.25) is 0 Å². The molecule has 1 aliphatic heterocycles. The van der Waals surface area contributed by atoms with Crippen LogP contribution in [0.3, 0.4) is 0 Å². The molecule has 0 saturated heterocycles. The van der Waals surface area contributed by atoms with Gasteiger partial charge in [0, 0.05) is 0 Å². The van der Waals surface area contributed by atoms with Gasteiger partial charge in [-0.05, 0) is 48.9 Å². The molecule has 0 fully saturated rings. The summed E-state index contributed by atoms with van der Waals surface area (Å²) in [4.78, 5) is 23.8. The lowest BCUT2D eigenvalue weighted by molar-refractivity contribution is -0.114. The molecule has 0 radical (unpaired) electrons. The number of hydrogen-bond acceptors (Lipinski definition) is 3. The van der Waals surface area contributed by atoms with E-state index in [0.29, 0.717) is 16.8 Å². The fraction of sp³-hybridized carbons (Fsp3) is 0.0556. The van der Waals surface area contributed by atoms with E-state index < -0.39 is 17.7 Å². The summed E-state index contributed by atoms with van der Waals surface area (Å²) in [6.45, 7) is 1.65. The molecule has 0 spiro atoms. The summed E-state index contributed by atoms with van der Waals surface area (Å²) in [7, 11) is 0. The van der Waals surface area contributed by atoms with Crippen LogP contribution in [0.25, 0.3) is 6.08 Å². The molecule has 2 aromatic carbocycles. The van der Waals surface area contributed by atoms with Crippen molar-refractivity contribution < 1.29 is 19.1 Å². The van der Waals surface area contributed by atoms with Crippen LogP contribution >= 0.6 is 11.6 Å². The molecule has 126 valence electrons. The Morgan fingerprint density at radius 3 is 2.72 bits per heavy atom. The van der Waals surface area contributed by atoms with E-state index in [2.05, 4.69) is 5.10 Å². The lowest BCUT2D eigenvalue weighted by atomic mass is 10.1. The van der Waals surface area contributed by atoms with Crippen LogP contribution in [0, 0.1) is 5.82 Å². The largest absolute Gasteiger partial charge is 0.478 e. The van der Waals surface area contributed by atoms with Crippen LogP contribution in [0.2, 0.25) is 5.02 Å². The maximum atomic E-state index is 13.3. The van der Waals surface area contributed by atoms with E-state index in [-0.39, 0.29) is 16.3 Å². The Labute approximate surface area is 147 Å². The predicted molar refractivity (Wildman–Crippen MR) is 93.4 cm³/mol. The highest BCUT2D eigenvalue weighted by Crippen LogP contribution is 2.28. The molecule has 25 heavy (non-hydrogen) atoms. The second kappa shape index (κ2) is 6.49. The number of carboxylic acid groups (broad SMARTS) is 1. The highest BCUT2D eigenvalue weighted by atomic mass is 35.5. The lowest BCUT2D eigenvalue weighted by Gasteiger charge is -2.13. The first-order chi connectivity index (χ1) is 11.9. The maximum absolute atomic E-state index is 13.3. The van der Waals surface area contributed by atoms with E-state index in [1.807, 2.05) is 0 Å². The van der Waals surface area contributed by atoms with Gasteiger partial charge in [-0.3, -0.25) is 4.79 Å². The second-order valence-corrected chi connectivity index (χ2v) is 5.79. The number of benzene rings is 2. The van der Waals surface area contributed by atoms with Gasteiger partial charge in [0.15, 0.2) is 0 Å². The van der Waals surface area contributed by atoms with Gasteiger partial charge in [0.05, 0.1) is 27.6 Å². The summed E-state index contributed by atoms with van der Waals surface area (Å²) >= 11 is 5.85. The number of hydrogen-bond donors (Lipinski definition) is 1. The zero-order valence-corrected chi connectivity index (χ0v) is 13.8. The number of carbonyl (C=O) groups is 2. The topological polar surface area (TPSA) is 70.0 Å². The van der Waals surface area contributed by atoms with E-state index in [1.54, 1.807) is 19.1 Å². The summed E-state index contributed by atoms with van der Waals surface area (Å²) < 4.78 is 13.3. The van der Waals surface area contributed by atoms with Crippen molar-refractivity contribution >= 4 is 41.0 Å². The Balaban J connectivity index is 1.98. The van der Waals surface area contributed by atoms with Gasteiger partial charge >= 0.3 is 5.97 Å². The van der Waals surface area contributed by atoms with Crippen LogP contribution in [-0.4, -0.2) is 22.7 Å². The van der Waals surface area contributed by atoms with E-state index >= 15 is 0 Å². The van der Waals surface area contributed by atoms with Gasteiger partial charge in [0.25, 0.3) is 5.91 Å². The number of anilines is 1. The smallest absolute Gasteiger partial charge is 0.337 e. The van der Waals surface area contributed by atoms with Crippen LogP contribution in [0.5, 0.6) is 0 Å². The number of halogens is 2. The summed E-state index contributed by atoms with van der Waals surface area (Å²) in [5, 5.41) is 14.5. The van der Waals surface area contributed by atoms with Crippen LogP contribution in [0.15, 0.2) is 53.1 Å². The Morgan fingerprint density at radius 2 is 2.04 bits per heavy atom. The quantitative estimate of drug-likeness (QED) is 0.843. The minimum absolute atomic E-state index is 0.0686. The minimum Gasteiger partial charge on any atom is -0.478 e. The molecule has 0 saturated carbocycles. The van der Waals surface area contributed by atoms with E-state index in [0.717, 1.165) is 5.01 Å². The molecule has 1 N–H and O–H groups in total. The molecule has 0 unspecified atom stereocenters. The fourth-order valence-corrected chi connectivity index (χ4v) is 2.63. The molecule has 5 nitrogen and oxygen atoms in total. The molecule has 1 amide bonds. The molecular weight excluding hydrogens is 347 g/mol. The number of hydrazone groups is 1. The van der Waals surface area contributed by atoms with Crippen molar-refractivity contribution in [2.24, 2.45) is 5.10 Å². The molecule has 0 bridgehead atoms. The maximum Gasteiger partial charge on any atom is 0.337 e. The zero-order chi connectivity index (χ0) is 18.1. The molecule has 0 atom stereocenters. The Kier molecular flexibility index (Phi) is 4.37. The number of carboxylic acids is 1. The van der Waals surface area contributed by atoms with Crippen LogP contribution in [0.4, 0.5) is 10.1 Å². The number of amides is 1. The zero-order valence-electron chi connectivity index (χ0n) is 13.0. The Bertz CT molecular complexity index is 953. The first kappa shape index (κ1) is 16.9. The molecule has 0 aliphatic carbocycles. The molecule has 2 aromatic rings. The third-order valence-corrected chi connectivity index (χ3v) is 3.98. The van der Waals surface area contributed by atoms with Crippen LogP contribution in [-0.2, 0) is 4.79 Å². The van der Waals surface area contributed by atoms with Crippen molar-refractivity contribution in [3.63, 3.8) is 0 Å². The van der Waals surface area contributed by atoms with Gasteiger partial charge in [-0.15, -0.1) is 0 Å². The predicted octanol–water partition coefficient (Wildman–Crippen LogP) is 3.98. The lowest BCUT2D eigenvalue weighted by Crippen LogP contribution is -2.21. The van der Waals surface area contributed by atoms with Crippen molar-refractivity contribution in [3.05, 3.63) is 70.0 Å². The van der Waals surface area contributed by atoms with Crippen molar-refractivity contribution in [2.45, 2.75) is 6.92 Å². The first-order valence-electron chi connectivity index (χ1n) is 7.27. The van der Waals surface area contributed by atoms with E-state index in [1.165, 1.54) is 36.4 Å². The first-order valence-corrected chi connectivity index (χ1v) is 7.65. The third-order valence-electron chi connectivity index (χ3n) is 3.65. The molecule has 7 heteroatoms. The average molecular weight is 359 g/mol. The van der Waals surface area contributed by atoms with Crippen molar-refractivity contribution in [2.75, 3.05) is 5.01 Å². The van der Waals surface area contributed by atoms with E-state index in [4.69, 9.17) is 16.7 Å². The standard InChI is InChI=1S/C18H12ClFN2O3/c1-10-14(8-11-3-2-4-12(20)7-11)17(23)22(21-10)13-5-6-16(19)15(9-13)18(24)25/h2-9H,1H3,(H,24,25)/b14-8+. The number of rotatable bonds is 3. The Hall–Kier alpha value is -2.99. The second-order valence-electron chi connectivity index (χ2n) is 5.38. The highest BCUT2D eigenvalue weighted by molar-refractivity contribution is 6.34. The summed E-state index contributed by atoms with van der Waals surface area (Å²) in [5.41, 5.74) is 1.44. The molecule has 3 rings (SSSR count). The van der Waals surface area contributed by atoms with Crippen molar-refractivity contribution in [3.8, 4) is 0 Å². The molecular formula is C18H12ClFN2O3. The molecule has 0 aromatic heterocycles. The highest BCUT2D eigenvalue weighted by Gasteiger charge is 2.29. The summed E-state index contributed by atoms with van der Waals surface area (Å²) in [6.07, 6.45) is 1.54. The van der Waals surface area contributed by atoms with Crippen LogP contribution in [0.1, 0.15) is 22.8 Å². The van der Waals surface area contributed by atoms with Gasteiger partial charge < -0.3 is 5.11 Å². The van der Waals surface area contributed by atoms with Gasteiger partial charge in [-0.1, -0.05) is 23.7 Å². The normalized spacial score (nSPS) is 15.6. The van der Waals surface area contributed by atoms with Gasteiger partial charge in [0.1, 0.15) is 5.82 Å². The number of nitrogens with zero attached hydrogens (tertiary/aromatic N) is 2. The monoisotopic (exact) mass is 358 g/mol.